The Bertz CT molecular complexity index is 1030. The molecule has 1 aliphatic rings. The van der Waals surface area contributed by atoms with Crippen molar-refractivity contribution in [3.63, 3.8) is 0 Å². The summed E-state index contributed by atoms with van der Waals surface area (Å²) in [5, 5.41) is 7.30. The summed E-state index contributed by atoms with van der Waals surface area (Å²) in [6, 6.07) is 14.3. The molecule has 0 unspecified atom stereocenters. The summed E-state index contributed by atoms with van der Waals surface area (Å²) in [7, 11) is 1.77. The van der Waals surface area contributed by atoms with Gasteiger partial charge in [-0.15, -0.1) is 0 Å². The smallest absolute Gasteiger partial charge is 0.223 e. The number of anilines is 3. The van der Waals surface area contributed by atoms with Gasteiger partial charge in [0.2, 0.25) is 5.91 Å². The normalized spacial score (nSPS) is 13.8. The second-order valence-corrected chi connectivity index (χ2v) is 7.28. The molecule has 3 aromatic rings. The number of hydrogen-bond acceptors (Lipinski definition) is 5. The summed E-state index contributed by atoms with van der Waals surface area (Å²) in [4.78, 5) is 15.6. The van der Waals surface area contributed by atoms with Gasteiger partial charge < -0.3 is 14.7 Å². The van der Waals surface area contributed by atoms with Crippen molar-refractivity contribution >= 4 is 23.1 Å². The summed E-state index contributed by atoms with van der Waals surface area (Å²) >= 11 is 0. The van der Waals surface area contributed by atoms with Crippen LogP contribution in [0.15, 0.2) is 53.1 Å². The van der Waals surface area contributed by atoms with Crippen molar-refractivity contribution in [3.05, 3.63) is 71.2 Å². The third-order valence-electron chi connectivity index (χ3n) is 5.17. The number of halogens is 1. The fourth-order valence-corrected chi connectivity index (χ4v) is 3.50. The first kappa shape index (κ1) is 19.1. The van der Waals surface area contributed by atoms with Gasteiger partial charge in [-0.25, -0.2) is 4.39 Å². The second-order valence-electron chi connectivity index (χ2n) is 7.28. The molecule has 7 heteroatoms. The van der Waals surface area contributed by atoms with Crippen LogP contribution >= 0.6 is 0 Å². The Labute approximate surface area is 168 Å². The van der Waals surface area contributed by atoms with Crippen molar-refractivity contribution < 1.29 is 13.7 Å². The number of carbonyl (C=O) groups excluding carboxylic acids is 1. The minimum absolute atomic E-state index is 0.00213. The Morgan fingerprint density at radius 1 is 1.28 bits per heavy atom. The van der Waals surface area contributed by atoms with E-state index in [1.165, 1.54) is 12.1 Å². The van der Waals surface area contributed by atoms with E-state index in [1.807, 2.05) is 18.2 Å². The summed E-state index contributed by atoms with van der Waals surface area (Å²) in [5.41, 5.74) is 3.65. The first-order valence-corrected chi connectivity index (χ1v) is 9.55. The summed E-state index contributed by atoms with van der Waals surface area (Å²) < 4.78 is 18.9. The molecule has 2 aromatic carbocycles. The summed E-state index contributed by atoms with van der Waals surface area (Å²) in [6.45, 7) is 3.85. The van der Waals surface area contributed by atoms with E-state index >= 15 is 0 Å². The highest BCUT2D eigenvalue weighted by molar-refractivity contribution is 5.90. The van der Waals surface area contributed by atoms with E-state index in [9.17, 15) is 9.18 Å². The zero-order chi connectivity index (χ0) is 20.4. The lowest BCUT2D eigenvalue weighted by Crippen LogP contribution is -2.30. The zero-order valence-electron chi connectivity index (χ0n) is 16.5. The number of fused-ring (bicyclic) bond motifs is 1. The first-order valence-electron chi connectivity index (χ1n) is 9.55. The van der Waals surface area contributed by atoms with E-state index in [2.05, 4.69) is 21.4 Å². The highest BCUT2D eigenvalue weighted by Crippen LogP contribution is 2.29. The maximum absolute atomic E-state index is 13.5. The molecule has 0 aliphatic carbocycles. The van der Waals surface area contributed by atoms with Crippen LogP contribution in [-0.2, 0) is 24.3 Å². The molecule has 0 spiro atoms. The quantitative estimate of drug-likeness (QED) is 0.706. The Morgan fingerprint density at radius 3 is 2.90 bits per heavy atom. The van der Waals surface area contributed by atoms with Crippen LogP contribution in [0.4, 0.5) is 21.6 Å². The van der Waals surface area contributed by atoms with Crippen LogP contribution in [0.1, 0.15) is 23.8 Å². The molecule has 2 heterocycles. The fourth-order valence-electron chi connectivity index (χ4n) is 3.50. The van der Waals surface area contributed by atoms with Crippen molar-refractivity contribution in [2.24, 2.45) is 0 Å². The van der Waals surface area contributed by atoms with Gasteiger partial charge in [0.1, 0.15) is 11.6 Å². The molecular formula is C22H23FN4O2. The molecular weight excluding hydrogens is 371 g/mol. The van der Waals surface area contributed by atoms with Crippen molar-refractivity contribution in [3.8, 4) is 0 Å². The second kappa shape index (κ2) is 8.05. The molecule has 0 atom stereocenters. The Hall–Kier alpha value is -3.19. The molecule has 1 amide bonds. The molecule has 0 bridgehead atoms. The van der Waals surface area contributed by atoms with Crippen LogP contribution in [0, 0.1) is 5.82 Å². The van der Waals surface area contributed by atoms with Gasteiger partial charge in [0.25, 0.3) is 0 Å². The van der Waals surface area contributed by atoms with E-state index < -0.39 is 0 Å². The van der Waals surface area contributed by atoms with Gasteiger partial charge in [-0.2, -0.15) is 0 Å². The number of nitrogens with one attached hydrogen (secondary N) is 1. The molecule has 150 valence electrons. The van der Waals surface area contributed by atoms with Crippen LogP contribution in [0.2, 0.25) is 0 Å². The highest BCUT2D eigenvalue weighted by Gasteiger charge is 2.24. The van der Waals surface area contributed by atoms with Gasteiger partial charge in [-0.1, -0.05) is 23.4 Å². The van der Waals surface area contributed by atoms with Crippen LogP contribution in [-0.4, -0.2) is 29.6 Å². The fraction of sp³-hybridized carbons (Fsp3) is 0.273. The molecule has 1 aromatic heterocycles. The number of carbonyl (C=O) groups is 1. The van der Waals surface area contributed by atoms with Gasteiger partial charge in [-0.3, -0.25) is 9.69 Å². The molecule has 0 saturated heterocycles. The molecule has 1 N–H and O–H groups in total. The van der Waals surface area contributed by atoms with Crippen LogP contribution in [0.3, 0.4) is 0 Å². The van der Waals surface area contributed by atoms with Crippen LogP contribution < -0.4 is 10.2 Å². The van der Waals surface area contributed by atoms with E-state index in [-0.39, 0.29) is 11.7 Å². The third kappa shape index (κ3) is 4.30. The number of benzene rings is 2. The van der Waals surface area contributed by atoms with E-state index in [1.54, 1.807) is 31.0 Å². The number of amides is 1. The molecule has 4 rings (SSSR count). The lowest BCUT2D eigenvalue weighted by molar-refractivity contribution is -0.116. The molecule has 0 saturated carbocycles. The highest BCUT2D eigenvalue weighted by atomic mass is 19.1. The average Bonchev–Trinajstić information content (AvgIpc) is 3.09. The molecule has 29 heavy (non-hydrogen) atoms. The number of hydrogen-bond donors (Lipinski definition) is 1. The predicted octanol–water partition coefficient (Wildman–Crippen LogP) is 4.10. The van der Waals surface area contributed by atoms with Gasteiger partial charge in [-0.05, 0) is 35.9 Å². The first-order chi connectivity index (χ1) is 14.0. The monoisotopic (exact) mass is 394 g/mol. The molecule has 0 radical (unpaired) electrons. The lowest BCUT2D eigenvalue weighted by atomic mass is 10.1. The van der Waals surface area contributed by atoms with Gasteiger partial charge in [0, 0.05) is 51.4 Å². The van der Waals surface area contributed by atoms with E-state index in [4.69, 9.17) is 4.52 Å². The van der Waals surface area contributed by atoms with E-state index in [0.29, 0.717) is 18.1 Å². The van der Waals surface area contributed by atoms with Crippen LogP contribution in [0.5, 0.6) is 0 Å². The van der Waals surface area contributed by atoms with Crippen molar-refractivity contribution in [2.45, 2.75) is 26.4 Å². The number of nitrogens with zero attached hydrogens (tertiary/aromatic N) is 3. The van der Waals surface area contributed by atoms with Crippen LogP contribution in [0.25, 0.3) is 0 Å². The molecule has 1 aliphatic heterocycles. The maximum atomic E-state index is 13.5. The average molecular weight is 394 g/mol. The van der Waals surface area contributed by atoms with Gasteiger partial charge in [0.15, 0.2) is 5.82 Å². The summed E-state index contributed by atoms with van der Waals surface area (Å²) in [5.74, 6) is 1.19. The zero-order valence-corrected chi connectivity index (χ0v) is 16.5. The molecule has 0 fully saturated rings. The molecule has 6 nitrogen and oxygen atoms in total. The number of rotatable bonds is 5. The standard InChI is InChI=1S/C22H23FN4O2/c1-15(28)26(2)19-8-3-5-16(11-19)13-27-10-9-21-20(14-27)22(25-29-21)24-18-7-4-6-17(23)12-18/h3-8,11-12H,9-10,13-14H2,1-2H3,(H,24,25). The van der Waals surface area contributed by atoms with Gasteiger partial charge >= 0.3 is 0 Å². The Morgan fingerprint density at radius 2 is 2.10 bits per heavy atom. The Balaban J connectivity index is 1.48. The number of aromatic nitrogens is 1. The van der Waals surface area contributed by atoms with Crippen molar-refractivity contribution in [2.75, 3.05) is 23.8 Å². The third-order valence-corrected chi connectivity index (χ3v) is 5.17. The summed E-state index contributed by atoms with van der Waals surface area (Å²) in [6.07, 6.45) is 0.764. The SMILES string of the molecule is CC(=O)N(C)c1cccc(CN2CCc3onc(Nc4cccc(F)c4)c3C2)c1. The van der Waals surface area contributed by atoms with Gasteiger partial charge in [0.05, 0.1) is 5.56 Å². The van der Waals surface area contributed by atoms with Crippen molar-refractivity contribution in [1.29, 1.82) is 0 Å². The topological polar surface area (TPSA) is 61.6 Å². The van der Waals surface area contributed by atoms with E-state index in [0.717, 1.165) is 42.1 Å². The Kier molecular flexibility index (Phi) is 5.31. The predicted molar refractivity (Wildman–Crippen MR) is 110 cm³/mol. The lowest BCUT2D eigenvalue weighted by Gasteiger charge is -2.26. The minimum Gasteiger partial charge on any atom is -0.359 e. The minimum atomic E-state index is -0.301. The maximum Gasteiger partial charge on any atom is 0.223 e. The largest absolute Gasteiger partial charge is 0.359 e. The van der Waals surface area contributed by atoms with Crippen molar-refractivity contribution in [1.82, 2.24) is 10.1 Å².